The van der Waals surface area contributed by atoms with Crippen molar-refractivity contribution in [2.24, 2.45) is 5.41 Å². The van der Waals surface area contributed by atoms with Crippen LogP contribution >= 0.6 is 0 Å². The third-order valence-corrected chi connectivity index (χ3v) is 8.12. The van der Waals surface area contributed by atoms with Crippen LogP contribution in [0, 0.1) is 5.41 Å². The Labute approximate surface area is 223 Å². The van der Waals surface area contributed by atoms with Crippen LogP contribution < -0.4 is 0 Å². The van der Waals surface area contributed by atoms with Crippen molar-refractivity contribution in [3.05, 3.63) is 83.8 Å². The van der Waals surface area contributed by atoms with Crippen molar-refractivity contribution in [2.75, 3.05) is 20.8 Å². The highest BCUT2D eigenvalue weighted by Crippen LogP contribution is 2.45. The van der Waals surface area contributed by atoms with Crippen molar-refractivity contribution < 1.29 is 19.2 Å². The van der Waals surface area contributed by atoms with Crippen molar-refractivity contribution in [1.82, 2.24) is 15.0 Å². The topological polar surface area (TPSA) is 88.7 Å². The first-order chi connectivity index (χ1) is 18.3. The van der Waals surface area contributed by atoms with E-state index < -0.39 is 11.5 Å². The zero-order valence-electron chi connectivity index (χ0n) is 22.3. The number of benzene rings is 2. The van der Waals surface area contributed by atoms with Gasteiger partial charge in [-0.3, -0.25) is 9.69 Å². The highest BCUT2D eigenvalue weighted by Gasteiger charge is 2.44. The number of ether oxygens (including phenoxy) is 1. The number of aromatic nitrogens is 2. The molecule has 1 atom stereocenters. The number of aliphatic carboxylic acids is 1. The Morgan fingerprint density at radius 2 is 1.76 bits per heavy atom. The van der Waals surface area contributed by atoms with E-state index in [1.54, 1.807) is 7.11 Å². The standard InChI is InChI=1S/C31H35N3O4/c1-30(21-37-3)19-25(15-16-26(30)23-9-5-4-6-10-23)28-32-27(33-38-28)24-13-11-22(12-14-24)20-34(2)31(29(35)36)17-7-8-18-31/h4-6,9-16H,7-8,17-21H2,1-3H3,(H,35,36). The second-order valence-electron chi connectivity index (χ2n) is 10.8. The summed E-state index contributed by atoms with van der Waals surface area (Å²) in [6, 6.07) is 18.3. The molecular weight excluding hydrogens is 478 g/mol. The number of rotatable bonds is 9. The molecule has 0 saturated heterocycles. The first kappa shape index (κ1) is 26.1. The molecule has 7 nitrogen and oxygen atoms in total. The SMILES string of the molecule is COCC1(C)CC(c2nc(-c3ccc(CN(C)C4(C(=O)O)CCCC4)cc3)no2)=CC=C1c1ccccc1. The molecule has 0 aliphatic heterocycles. The molecule has 0 bridgehead atoms. The smallest absolute Gasteiger partial charge is 0.324 e. The minimum absolute atomic E-state index is 0.227. The lowest BCUT2D eigenvalue weighted by atomic mass is 9.71. The molecule has 1 heterocycles. The van der Waals surface area contributed by atoms with E-state index in [0.717, 1.165) is 36.0 Å². The molecule has 7 heteroatoms. The number of carboxylic acid groups (broad SMARTS) is 1. The minimum atomic E-state index is -0.763. The number of likely N-dealkylation sites (N-methyl/N-ethyl adjacent to an activating group) is 1. The van der Waals surface area contributed by atoms with Crippen LogP contribution in [0.3, 0.4) is 0 Å². The van der Waals surface area contributed by atoms with Crippen molar-refractivity contribution in [2.45, 2.75) is 51.1 Å². The summed E-state index contributed by atoms with van der Waals surface area (Å²) in [7, 11) is 3.64. The van der Waals surface area contributed by atoms with E-state index >= 15 is 0 Å². The van der Waals surface area contributed by atoms with Crippen molar-refractivity contribution in [3.8, 4) is 11.4 Å². The number of hydrogen-bond acceptors (Lipinski definition) is 6. The summed E-state index contributed by atoms with van der Waals surface area (Å²) in [5, 5.41) is 14.1. The number of hydrogen-bond donors (Lipinski definition) is 1. The Hall–Kier alpha value is -3.55. The van der Waals surface area contributed by atoms with Gasteiger partial charge < -0.3 is 14.4 Å². The van der Waals surface area contributed by atoms with Gasteiger partial charge in [-0.2, -0.15) is 4.98 Å². The van der Waals surface area contributed by atoms with Crippen LogP contribution in [0.15, 0.2) is 71.3 Å². The summed E-state index contributed by atoms with van der Waals surface area (Å²) in [6.07, 6.45) is 8.24. The van der Waals surface area contributed by atoms with E-state index in [4.69, 9.17) is 14.2 Å². The van der Waals surface area contributed by atoms with Crippen LogP contribution in [-0.4, -0.2) is 52.4 Å². The van der Waals surface area contributed by atoms with Gasteiger partial charge in [0.25, 0.3) is 5.89 Å². The van der Waals surface area contributed by atoms with Crippen LogP contribution in [0.2, 0.25) is 0 Å². The molecule has 0 amide bonds. The third kappa shape index (κ3) is 4.96. The van der Waals surface area contributed by atoms with Crippen molar-refractivity contribution in [3.63, 3.8) is 0 Å². The van der Waals surface area contributed by atoms with Gasteiger partial charge in [-0.05, 0) is 43.0 Å². The van der Waals surface area contributed by atoms with Gasteiger partial charge >= 0.3 is 5.97 Å². The average Bonchev–Trinajstić information content (AvgIpc) is 3.61. The minimum Gasteiger partial charge on any atom is -0.480 e. The summed E-state index contributed by atoms with van der Waals surface area (Å²) < 4.78 is 11.3. The Bertz CT molecular complexity index is 1340. The fraction of sp³-hybridized carbons (Fsp3) is 0.387. The van der Waals surface area contributed by atoms with Gasteiger partial charge in [-0.1, -0.05) is 91.7 Å². The summed E-state index contributed by atoms with van der Waals surface area (Å²) >= 11 is 0. The monoisotopic (exact) mass is 513 g/mol. The lowest BCUT2D eigenvalue weighted by Gasteiger charge is -2.34. The predicted molar refractivity (Wildman–Crippen MR) is 147 cm³/mol. The van der Waals surface area contributed by atoms with Crippen LogP contribution in [0.5, 0.6) is 0 Å². The van der Waals surface area contributed by atoms with Gasteiger partial charge in [-0.25, -0.2) is 0 Å². The zero-order chi connectivity index (χ0) is 26.8. The van der Waals surface area contributed by atoms with E-state index in [9.17, 15) is 9.90 Å². The second kappa shape index (κ2) is 10.7. The lowest BCUT2D eigenvalue weighted by molar-refractivity contribution is -0.150. The first-order valence-corrected chi connectivity index (χ1v) is 13.2. The van der Waals surface area contributed by atoms with Crippen LogP contribution in [0.25, 0.3) is 22.5 Å². The van der Waals surface area contributed by atoms with E-state index in [1.807, 2.05) is 42.3 Å². The van der Waals surface area contributed by atoms with Gasteiger partial charge in [0, 0.05) is 30.2 Å². The molecule has 38 heavy (non-hydrogen) atoms. The highest BCUT2D eigenvalue weighted by molar-refractivity contribution is 5.80. The van der Waals surface area contributed by atoms with Gasteiger partial charge in [0.15, 0.2) is 0 Å². The summed E-state index contributed by atoms with van der Waals surface area (Å²) in [4.78, 5) is 18.7. The molecule has 1 unspecified atom stereocenters. The van der Waals surface area contributed by atoms with Gasteiger partial charge in [0.1, 0.15) is 5.54 Å². The van der Waals surface area contributed by atoms with Crippen molar-refractivity contribution >= 4 is 17.1 Å². The van der Waals surface area contributed by atoms with E-state index in [2.05, 4.69) is 48.5 Å². The second-order valence-corrected chi connectivity index (χ2v) is 10.8. The Balaban J connectivity index is 1.33. The van der Waals surface area contributed by atoms with Crippen LogP contribution in [0.4, 0.5) is 0 Å². The Kier molecular flexibility index (Phi) is 7.32. The number of carbonyl (C=O) groups is 1. The molecule has 1 saturated carbocycles. The fourth-order valence-corrected chi connectivity index (χ4v) is 5.99. The molecule has 2 aliphatic rings. The first-order valence-electron chi connectivity index (χ1n) is 13.2. The molecule has 1 aromatic heterocycles. The highest BCUT2D eigenvalue weighted by atomic mass is 16.5. The molecule has 198 valence electrons. The van der Waals surface area contributed by atoms with Gasteiger partial charge in [-0.15, -0.1) is 0 Å². The van der Waals surface area contributed by atoms with Gasteiger partial charge in [0.05, 0.1) is 6.61 Å². The number of nitrogens with zero attached hydrogens (tertiary/aromatic N) is 3. The van der Waals surface area contributed by atoms with E-state index in [-0.39, 0.29) is 5.41 Å². The number of allylic oxidation sites excluding steroid dienone is 3. The lowest BCUT2D eigenvalue weighted by Crippen LogP contribution is -2.50. The zero-order valence-corrected chi connectivity index (χ0v) is 22.3. The molecular formula is C31H35N3O4. The summed E-state index contributed by atoms with van der Waals surface area (Å²) in [6.45, 7) is 3.35. The maximum Gasteiger partial charge on any atom is 0.324 e. The predicted octanol–water partition coefficient (Wildman–Crippen LogP) is 6.09. The Morgan fingerprint density at radius 1 is 1.05 bits per heavy atom. The quantitative estimate of drug-likeness (QED) is 0.370. The van der Waals surface area contributed by atoms with E-state index in [1.165, 1.54) is 11.1 Å². The molecule has 5 rings (SSSR count). The molecule has 0 radical (unpaired) electrons. The summed E-state index contributed by atoms with van der Waals surface area (Å²) in [5.41, 5.74) is 4.31. The molecule has 2 aliphatic carbocycles. The number of carboxylic acids is 1. The maximum atomic E-state index is 12.0. The largest absolute Gasteiger partial charge is 0.480 e. The van der Waals surface area contributed by atoms with Crippen molar-refractivity contribution in [1.29, 1.82) is 0 Å². The molecule has 2 aromatic carbocycles. The number of methoxy groups -OCH3 is 1. The fourth-order valence-electron chi connectivity index (χ4n) is 5.99. The molecule has 1 fully saturated rings. The maximum absolute atomic E-state index is 12.0. The third-order valence-electron chi connectivity index (χ3n) is 8.12. The molecule has 0 spiro atoms. The molecule has 3 aromatic rings. The van der Waals surface area contributed by atoms with E-state index in [0.29, 0.717) is 37.7 Å². The Morgan fingerprint density at radius 3 is 2.42 bits per heavy atom. The molecule has 1 N–H and O–H groups in total. The van der Waals surface area contributed by atoms with Crippen LogP contribution in [0.1, 0.15) is 56.0 Å². The summed E-state index contributed by atoms with van der Waals surface area (Å²) in [5.74, 6) is 0.321. The van der Waals surface area contributed by atoms with Gasteiger partial charge in [0.2, 0.25) is 5.82 Å². The average molecular weight is 514 g/mol. The normalized spacial score (nSPS) is 20.8. The van der Waals surface area contributed by atoms with Crippen LogP contribution in [-0.2, 0) is 16.1 Å².